The Balaban J connectivity index is 2.15. The Labute approximate surface area is 170 Å². The van der Waals surface area contributed by atoms with Gasteiger partial charge in [-0.1, -0.05) is 36.6 Å². The quantitative estimate of drug-likeness (QED) is 0.168. The number of ether oxygens (including phenoxy) is 3. The van der Waals surface area contributed by atoms with E-state index in [-0.39, 0.29) is 0 Å². The van der Waals surface area contributed by atoms with Gasteiger partial charge in [0.05, 0.1) is 18.9 Å². The molecule has 0 bridgehead atoms. The summed E-state index contributed by atoms with van der Waals surface area (Å²) in [5.74, 6) is 1.88. The highest BCUT2D eigenvalue weighted by Crippen LogP contribution is 2.28. The fourth-order valence-corrected chi connectivity index (χ4v) is 2.87. The van der Waals surface area contributed by atoms with E-state index >= 15 is 0 Å². The summed E-state index contributed by atoms with van der Waals surface area (Å²) in [6.07, 6.45) is 9.69. The minimum absolute atomic E-state index is 0.541. The van der Waals surface area contributed by atoms with E-state index in [4.69, 9.17) is 19.0 Å². The van der Waals surface area contributed by atoms with Crippen molar-refractivity contribution in [2.75, 3.05) is 33.5 Å². The summed E-state index contributed by atoms with van der Waals surface area (Å²) in [5.41, 5.74) is 3.11. The van der Waals surface area contributed by atoms with Crippen LogP contribution in [0.1, 0.15) is 57.1 Å². The van der Waals surface area contributed by atoms with Crippen molar-refractivity contribution in [1.82, 2.24) is 0 Å². The van der Waals surface area contributed by atoms with Crippen molar-refractivity contribution in [2.45, 2.75) is 59.8 Å². The van der Waals surface area contributed by atoms with Crippen LogP contribution in [0.5, 0.6) is 11.5 Å². The third-order valence-corrected chi connectivity index (χ3v) is 4.25. The van der Waals surface area contributed by atoms with Crippen LogP contribution >= 0.6 is 0 Å². The van der Waals surface area contributed by atoms with Crippen molar-refractivity contribution in [3.8, 4) is 11.5 Å². The van der Waals surface area contributed by atoms with Crippen LogP contribution in [-0.2, 0) is 9.57 Å². The van der Waals surface area contributed by atoms with Gasteiger partial charge in [-0.3, -0.25) is 0 Å². The SMILES string of the molecule is C/C=C/COc1cc(C)c(OCCCCCCCOC/C(C)=N/OC)c(C)c1. The number of hydrogen-bond acceptors (Lipinski definition) is 5. The first-order chi connectivity index (χ1) is 13.6. The molecule has 0 saturated carbocycles. The summed E-state index contributed by atoms with van der Waals surface area (Å²) in [5, 5.41) is 3.82. The lowest BCUT2D eigenvalue weighted by molar-refractivity contribution is 0.157. The van der Waals surface area contributed by atoms with Crippen molar-refractivity contribution in [1.29, 1.82) is 0 Å². The molecule has 5 heteroatoms. The molecule has 0 aliphatic heterocycles. The standard InChI is InChI=1S/C23H37NO4/c1-6-7-14-27-22-16-19(2)23(20(3)17-22)28-15-12-10-8-9-11-13-26-18-21(4)24-25-5/h6-7,16-17H,8-15,18H2,1-5H3/b7-6+,24-21+. The molecule has 28 heavy (non-hydrogen) atoms. The van der Waals surface area contributed by atoms with Crippen LogP contribution < -0.4 is 9.47 Å². The van der Waals surface area contributed by atoms with E-state index in [1.807, 2.05) is 38.1 Å². The molecule has 0 aliphatic carbocycles. The smallest absolute Gasteiger partial charge is 0.125 e. The van der Waals surface area contributed by atoms with E-state index in [9.17, 15) is 0 Å². The molecule has 0 heterocycles. The van der Waals surface area contributed by atoms with E-state index in [1.165, 1.54) is 19.3 Å². The number of nitrogens with zero attached hydrogens (tertiary/aromatic N) is 1. The number of benzene rings is 1. The molecule has 158 valence electrons. The van der Waals surface area contributed by atoms with Gasteiger partial charge in [0.2, 0.25) is 0 Å². The monoisotopic (exact) mass is 391 g/mol. The fourth-order valence-electron chi connectivity index (χ4n) is 2.87. The Morgan fingerprint density at radius 1 is 0.964 bits per heavy atom. The number of rotatable bonds is 15. The molecule has 0 unspecified atom stereocenters. The van der Waals surface area contributed by atoms with Gasteiger partial charge in [-0.2, -0.15) is 0 Å². The average Bonchev–Trinajstić information content (AvgIpc) is 2.65. The highest BCUT2D eigenvalue weighted by molar-refractivity contribution is 5.82. The van der Waals surface area contributed by atoms with Crippen molar-refractivity contribution in [3.63, 3.8) is 0 Å². The normalized spacial score (nSPS) is 11.8. The minimum Gasteiger partial charge on any atom is -0.493 e. The van der Waals surface area contributed by atoms with Crippen LogP contribution in [0.15, 0.2) is 29.4 Å². The maximum atomic E-state index is 6.02. The summed E-state index contributed by atoms with van der Waals surface area (Å²) in [6.45, 7) is 10.7. The van der Waals surface area contributed by atoms with Crippen LogP contribution in [0.25, 0.3) is 0 Å². The fraction of sp³-hybridized carbons (Fsp3) is 0.609. The number of unbranched alkanes of at least 4 members (excludes halogenated alkanes) is 4. The maximum absolute atomic E-state index is 6.02. The lowest BCUT2D eigenvalue weighted by Crippen LogP contribution is -2.06. The van der Waals surface area contributed by atoms with Gasteiger partial charge in [-0.15, -0.1) is 0 Å². The predicted molar refractivity (Wildman–Crippen MR) is 116 cm³/mol. The third kappa shape index (κ3) is 10.4. The van der Waals surface area contributed by atoms with Gasteiger partial charge < -0.3 is 19.0 Å². The van der Waals surface area contributed by atoms with Crippen LogP contribution in [0.3, 0.4) is 0 Å². The van der Waals surface area contributed by atoms with Crippen LogP contribution in [0.4, 0.5) is 0 Å². The molecule has 0 amide bonds. The molecule has 1 rings (SSSR count). The van der Waals surface area contributed by atoms with Gasteiger partial charge >= 0.3 is 0 Å². The molecule has 1 aromatic carbocycles. The Morgan fingerprint density at radius 3 is 2.25 bits per heavy atom. The van der Waals surface area contributed by atoms with Crippen molar-refractivity contribution in [3.05, 3.63) is 35.4 Å². The predicted octanol–water partition coefficient (Wildman–Crippen LogP) is 5.63. The number of oxime groups is 1. The lowest BCUT2D eigenvalue weighted by atomic mass is 10.1. The van der Waals surface area contributed by atoms with Gasteiger partial charge in [0, 0.05) is 6.61 Å². The average molecular weight is 392 g/mol. The first-order valence-corrected chi connectivity index (χ1v) is 10.2. The number of hydrogen-bond donors (Lipinski definition) is 0. The first-order valence-electron chi connectivity index (χ1n) is 10.2. The molecule has 5 nitrogen and oxygen atoms in total. The summed E-state index contributed by atoms with van der Waals surface area (Å²) in [7, 11) is 1.55. The zero-order chi connectivity index (χ0) is 20.6. The Morgan fingerprint density at radius 2 is 1.61 bits per heavy atom. The topological polar surface area (TPSA) is 49.3 Å². The summed E-state index contributed by atoms with van der Waals surface area (Å²) in [6, 6.07) is 4.09. The zero-order valence-corrected chi connectivity index (χ0v) is 18.3. The molecule has 0 atom stereocenters. The molecule has 0 N–H and O–H groups in total. The second-order valence-electron chi connectivity index (χ2n) is 6.94. The number of aryl methyl sites for hydroxylation is 2. The van der Waals surface area contributed by atoms with Gasteiger partial charge in [0.25, 0.3) is 0 Å². The van der Waals surface area contributed by atoms with Gasteiger partial charge in [0.15, 0.2) is 0 Å². The number of allylic oxidation sites excluding steroid dienone is 1. The summed E-state index contributed by atoms with van der Waals surface area (Å²) < 4.78 is 17.3. The minimum atomic E-state index is 0.541. The van der Waals surface area contributed by atoms with E-state index in [0.29, 0.717) is 13.2 Å². The summed E-state index contributed by atoms with van der Waals surface area (Å²) in [4.78, 5) is 4.70. The largest absolute Gasteiger partial charge is 0.493 e. The maximum Gasteiger partial charge on any atom is 0.125 e. The molecule has 0 radical (unpaired) electrons. The molecule has 0 fully saturated rings. The molecule has 1 aromatic rings. The van der Waals surface area contributed by atoms with Gasteiger partial charge in [-0.25, -0.2) is 0 Å². The van der Waals surface area contributed by atoms with E-state index in [1.54, 1.807) is 7.11 Å². The molecule has 0 spiro atoms. The molecular weight excluding hydrogens is 354 g/mol. The highest BCUT2D eigenvalue weighted by atomic mass is 16.6. The van der Waals surface area contributed by atoms with E-state index in [0.717, 1.165) is 54.4 Å². The Hall–Kier alpha value is -2.01. The van der Waals surface area contributed by atoms with E-state index < -0.39 is 0 Å². The van der Waals surface area contributed by atoms with Gasteiger partial charge in [-0.05, 0) is 63.8 Å². The summed E-state index contributed by atoms with van der Waals surface area (Å²) >= 11 is 0. The second-order valence-corrected chi connectivity index (χ2v) is 6.94. The van der Waals surface area contributed by atoms with E-state index in [2.05, 4.69) is 19.0 Å². The zero-order valence-electron chi connectivity index (χ0n) is 18.3. The highest BCUT2D eigenvalue weighted by Gasteiger charge is 2.07. The Bertz CT molecular complexity index is 588. The first kappa shape index (κ1) is 24.0. The van der Waals surface area contributed by atoms with Gasteiger partial charge in [0.1, 0.15) is 25.2 Å². The van der Waals surface area contributed by atoms with Crippen molar-refractivity contribution >= 4 is 5.71 Å². The van der Waals surface area contributed by atoms with Crippen LogP contribution in [-0.4, -0.2) is 39.2 Å². The second kappa shape index (κ2) is 15.0. The van der Waals surface area contributed by atoms with Crippen molar-refractivity contribution in [2.24, 2.45) is 5.16 Å². The molecule has 0 saturated heterocycles. The molecule has 0 aliphatic rings. The van der Waals surface area contributed by atoms with Crippen LogP contribution in [0, 0.1) is 13.8 Å². The van der Waals surface area contributed by atoms with Crippen molar-refractivity contribution < 1.29 is 19.0 Å². The molecular formula is C23H37NO4. The third-order valence-electron chi connectivity index (χ3n) is 4.25. The molecule has 0 aromatic heterocycles. The lowest BCUT2D eigenvalue weighted by Gasteiger charge is -2.14. The Kier molecular flexibility index (Phi) is 12.9. The van der Waals surface area contributed by atoms with Crippen LogP contribution in [0.2, 0.25) is 0 Å².